The molecule has 6 nitrogen and oxygen atoms in total. The fourth-order valence-corrected chi connectivity index (χ4v) is 1.15. The van der Waals surface area contributed by atoms with Crippen LogP contribution in [-0.2, 0) is 10.4 Å². The zero-order chi connectivity index (χ0) is 15.9. The fraction of sp³-hybridized carbons (Fsp3) is 1.00. The van der Waals surface area contributed by atoms with Crippen molar-refractivity contribution in [1.82, 2.24) is 0 Å². The van der Waals surface area contributed by atoms with E-state index in [0.29, 0.717) is 12.1 Å². The molecule has 0 rings (SSSR count). The number of nitrogens with two attached hydrogens (primary N) is 2. The minimum Gasteiger partial charge on any atom is -0.328 e. The number of rotatable bonds is 6. The third-order valence-electron chi connectivity index (χ3n) is 2.37. The van der Waals surface area contributed by atoms with Gasteiger partial charge in [-0.15, -0.1) is 0 Å². The minimum absolute atomic E-state index is 0.449. The monoisotopic (exact) mass is 300 g/mol. The van der Waals surface area contributed by atoms with Crippen LogP contribution in [0.1, 0.15) is 66.2 Å². The summed E-state index contributed by atoms with van der Waals surface area (Å²) < 4.78 is 31.6. The van der Waals surface area contributed by atoms with E-state index in [1.165, 1.54) is 25.7 Å². The summed E-state index contributed by atoms with van der Waals surface area (Å²) in [5, 5.41) is 0. The molecule has 0 saturated heterocycles. The van der Waals surface area contributed by atoms with E-state index in [-0.39, 0.29) is 0 Å². The Morgan fingerprint density at radius 2 is 1.05 bits per heavy atom. The van der Waals surface area contributed by atoms with E-state index in [1.807, 2.05) is 0 Å². The molecule has 7 heteroatoms. The van der Waals surface area contributed by atoms with E-state index in [1.54, 1.807) is 0 Å². The van der Waals surface area contributed by atoms with Gasteiger partial charge in [0.1, 0.15) is 0 Å². The molecule has 19 heavy (non-hydrogen) atoms. The first-order valence-electron chi connectivity index (χ1n) is 6.83. The highest BCUT2D eigenvalue weighted by Crippen LogP contribution is 1.95. The lowest BCUT2D eigenvalue weighted by Gasteiger charge is -2.03. The van der Waals surface area contributed by atoms with Crippen molar-refractivity contribution in [3.63, 3.8) is 0 Å². The van der Waals surface area contributed by atoms with Gasteiger partial charge in [-0.1, -0.05) is 40.5 Å². The maximum Gasteiger partial charge on any atom is 0.394 e. The first kappa shape index (κ1) is 23.9. The molecule has 0 aliphatic rings. The maximum atomic E-state index is 8.74. The van der Waals surface area contributed by atoms with Crippen LogP contribution in [0.3, 0.4) is 0 Å². The molecular formula is C12H32N2O4S. The highest BCUT2D eigenvalue weighted by molar-refractivity contribution is 7.79. The highest BCUT2D eigenvalue weighted by Gasteiger charge is 1.93. The van der Waals surface area contributed by atoms with E-state index in [4.69, 9.17) is 29.0 Å². The first-order chi connectivity index (χ1) is 8.62. The van der Waals surface area contributed by atoms with Crippen LogP contribution >= 0.6 is 0 Å². The third-order valence-corrected chi connectivity index (χ3v) is 2.37. The van der Waals surface area contributed by atoms with E-state index in [9.17, 15) is 0 Å². The summed E-state index contributed by atoms with van der Waals surface area (Å²) in [5.74, 6) is 0. The molecular weight excluding hydrogens is 268 g/mol. The summed E-state index contributed by atoms with van der Waals surface area (Å²) in [6.07, 6.45) is 7.03. The van der Waals surface area contributed by atoms with E-state index in [2.05, 4.69) is 27.7 Å². The molecule has 120 valence electrons. The zero-order valence-electron chi connectivity index (χ0n) is 12.7. The van der Waals surface area contributed by atoms with Crippen molar-refractivity contribution in [2.45, 2.75) is 78.3 Å². The van der Waals surface area contributed by atoms with Crippen molar-refractivity contribution in [2.75, 3.05) is 0 Å². The third kappa shape index (κ3) is 46.3. The van der Waals surface area contributed by atoms with Crippen LogP contribution in [-0.4, -0.2) is 29.6 Å². The van der Waals surface area contributed by atoms with Gasteiger partial charge in [-0.25, -0.2) is 0 Å². The average molecular weight is 300 g/mol. The predicted octanol–water partition coefficient (Wildman–Crippen LogP) is 2.39. The Kier molecular flexibility index (Phi) is 19.9. The fourth-order valence-electron chi connectivity index (χ4n) is 1.15. The Labute approximate surface area is 118 Å². The summed E-state index contributed by atoms with van der Waals surface area (Å²) in [7, 11) is -4.67. The molecule has 0 radical (unpaired) electrons. The molecule has 0 fully saturated rings. The van der Waals surface area contributed by atoms with Gasteiger partial charge in [0.2, 0.25) is 0 Å². The second-order valence-electron chi connectivity index (χ2n) is 4.36. The zero-order valence-corrected chi connectivity index (χ0v) is 13.5. The van der Waals surface area contributed by atoms with E-state index >= 15 is 0 Å². The summed E-state index contributed by atoms with van der Waals surface area (Å²) in [6.45, 7) is 8.58. The van der Waals surface area contributed by atoms with Crippen molar-refractivity contribution in [1.29, 1.82) is 0 Å². The van der Waals surface area contributed by atoms with Gasteiger partial charge in [0, 0.05) is 12.1 Å². The molecule has 0 aliphatic carbocycles. The number of hydrogen-bond donors (Lipinski definition) is 4. The highest BCUT2D eigenvalue weighted by atomic mass is 32.3. The summed E-state index contributed by atoms with van der Waals surface area (Å²) in [5.41, 5.74) is 11.2. The first-order valence-corrected chi connectivity index (χ1v) is 8.22. The molecule has 0 aliphatic heterocycles. The van der Waals surface area contributed by atoms with Crippen molar-refractivity contribution >= 4 is 10.4 Å². The van der Waals surface area contributed by atoms with Gasteiger partial charge >= 0.3 is 10.4 Å². The Hall–Kier alpha value is -0.210. The van der Waals surface area contributed by atoms with Gasteiger partial charge in [-0.2, -0.15) is 8.42 Å². The van der Waals surface area contributed by atoms with Crippen LogP contribution in [0.4, 0.5) is 0 Å². The van der Waals surface area contributed by atoms with Gasteiger partial charge in [-0.05, 0) is 25.7 Å². The molecule has 0 spiro atoms. The summed E-state index contributed by atoms with van der Waals surface area (Å²) in [4.78, 5) is 0. The van der Waals surface area contributed by atoms with Gasteiger partial charge in [-0.3, -0.25) is 9.11 Å². The lowest BCUT2D eigenvalue weighted by molar-refractivity contribution is 0.381. The minimum atomic E-state index is -4.67. The van der Waals surface area contributed by atoms with Crippen molar-refractivity contribution in [3.8, 4) is 0 Å². The van der Waals surface area contributed by atoms with Crippen LogP contribution in [0.5, 0.6) is 0 Å². The Morgan fingerprint density at radius 1 is 0.842 bits per heavy atom. The van der Waals surface area contributed by atoms with Gasteiger partial charge < -0.3 is 11.5 Å². The molecule has 2 unspecified atom stereocenters. The Bertz CT molecular complexity index is 238. The van der Waals surface area contributed by atoms with Crippen LogP contribution in [0.15, 0.2) is 0 Å². The Balaban J connectivity index is -0.000000206. The molecule has 0 saturated carbocycles. The summed E-state index contributed by atoms with van der Waals surface area (Å²) in [6, 6.07) is 0.898. The molecule has 0 aromatic heterocycles. The maximum absolute atomic E-state index is 8.74. The van der Waals surface area contributed by atoms with E-state index in [0.717, 1.165) is 12.8 Å². The second-order valence-corrected chi connectivity index (χ2v) is 5.26. The van der Waals surface area contributed by atoms with Crippen LogP contribution in [0, 0.1) is 0 Å². The van der Waals surface area contributed by atoms with Crippen molar-refractivity contribution in [2.24, 2.45) is 11.5 Å². The smallest absolute Gasteiger partial charge is 0.328 e. The van der Waals surface area contributed by atoms with Crippen molar-refractivity contribution in [3.05, 3.63) is 0 Å². The largest absolute Gasteiger partial charge is 0.394 e. The molecule has 0 heterocycles. The average Bonchev–Trinajstić information content (AvgIpc) is 2.28. The normalized spacial score (nSPS) is 13.5. The molecule has 2 atom stereocenters. The van der Waals surface area contributed by atoms with Gasteiger partial charge in [0.15, 0.2) is 0 Å². The van der Waals surface area contributed by atoms with Crippen LogP contribution in [0.2, 0.25) is 0 Å². The molecule has 0 aromatic rings. The van der Waals surface area contributed by atoms with Crippen molar-refractivity contribution < 1.29 is 17.5 Å². The molecule has 6 N–H and O–H groups in total. The topological polar surface area (TPSA) is 127 Å². The van der Waals surface area contributed by atoms with Crippen LogP contribution < -0.4 is 11.5 Å². The predicted molar refractivity (Wildman–Crippen MR) is 80.5 cm³/mol. The lowest BCUT2D eigenvalue weighted by Crippen LogP contribution is -2.17. The van der Waals surface area contributed by atoms with Gasteiger partial charge in [0.05, 0.1) is 0 Å². The Morgan fingerprint density at radius 3 is 1.11 bits per heavy atom. The van der Waals surface area contributed by atoms with E-state index < -0.39 is 10.4 Å². The second kappa shape index (κ2) is 15.8. The summed E-state index contributed by atoms with van der Waals surface area (Å²) >= 11 is 0. The lowest BCUT2D eigenvalue weighted by atomic mass is 10.1. The van der Waals surface area contributed by atoms with Gasteiger partial charge in [0.25, 0.3) is 0 Å². The molecule has 0 amide bonds. The van der Waals surface area contributed by atoms with Crippen LogP contribution in [0.25, 0.3) is 0 Å². The molecule has 0 bridgehead atoms. The molecule has 0 aromatic carbocycles. The standard InChI is InChI=1S/2C6H15N.H2O4S/c2*1-3-5-6(7)4-2;1-5(2,3)4/h2*6H,3-5,7H2,1-2H3;(H2,1,2,3,4). The SMILES string of the molecule is CCCC(N)CC.CCCC(N)CC.O=S(=O)(O)O. The quantitative estimate of drug-likeness (QED) is 0.558. The number of hydrogen-bond acceptors (Lipinski definition) is 4.